The number of ether oxygens (including phenoxy) is 1. The number of anilines is 1. The summed E-state index contributed by atoms with van der Waals surface area (Å²) in [6.07, 6.45) is 2.45. The third-order valence-corrected chi connectivity index (χ3v) is 4.55. The number of rotatable bonds is 3. The highest BCUT2D eigenvalue weighted by atomic mass is 19.1. The van der Waals surface area contributed by atoms with Crippen LogP contribution < -0.4 is 10.2 Å². The molecule has 0 saturated carbocycles. The Bertz CT molecular complexity index is 582. The zero-order chi connectivity index (χ0) is 16.9. The van der Waals surface area contributed by atoms with E-state index in [2.05, 4.69) is 15.2 Å². The molecular weight excluding hydrogens is 314 g/mol. The van der Waals surface area contributed by atoms with Crippen LogP contribution in [-0.2, 0) is 4.74 Å². The van der Waals surface area contributed by atoms with Crippen LogP contribution in [0.4, 0.5) is 14.5 Å². The van der Waals surface area contributed by atoms with Gasteiger partial charge in [-0.3, -0.25) is 4.99 Å². The molecule has 1 unspecified atom stereocenters. The minimum atomic E-state index is -0.414. The fourth-order valence-electron chi connectivity index (χ4n) is 3.23. The molecule has 24 heavy (non-hydrogen) atoms. The Hall–Kier alpha value is -1.89. The fraction of sp³-hybridized carbons (Fsp3) is 0.588. The lowest BCUT2D eigenvalue weighted by atomic mass is 10.2. The van der Waals surface area contributed by atoms with Crippen LogP contribution in [0.15, 0.2) is 23.2 Å². The maximum atomic E-state index is 13.9. The molecule has 0 spiro atoms. The van der Waals surface area contributed by atoms with Crippen molar-refractivity contribution in [3.8, 4) is 0 Å². The van der Waals surface area contributed by atoms with Gasteiger partial charge in [0.25, 0.3) is 0 Å². The van der Waals surface area contributed by atoms with E-state index in [1.807, 2.05) is 4.90 Å². The SMILES string of the molecule is CN=C(NCC1CCCO1)N1CCN(c2cc(F)ccc2F)CC1. The Morgan fingerprint density at radius 3 is 2.75 bits per heavy atom. The van der Waals surface area contributed by atoms with Crippen molar-refractivity contribution in [2.45, 2.75) is 18.9 Å². The number of nitrogens with one attached hydrogen (secondary N) is 1. The maximum absolute atomic E-state index is 13.9. The minimum Gasteiger partial charge on any atom is -0.376 e. The van der Waals surface area contributed by atoms with Crippen molar-refractivity contribution < 1.29 is 13.5 Å². The number of benzene rings is 1. The van der Waals surface area contributed by atoms with Crippen molar-refractivity contribution in [3.05, 3.63) is 29.8 Å². The average Bonchev–Trinajstić information content (AvgIpc) is 3.12. The monoisotopic (exact) mass is 338 g/mol. The maximum Gasteiger partial charge on any atom is 0.193 e. The highest BCUT2D eigenvalue weighted by Gasteiger charge is 2.23. The number of aliphatic imine (C=N–C) groups is 1. The van der Waals surface area contributed by atoms with E-state index in [0.717, 1.165) is 38.0 Å². The molecule has 3 rings (SSSR count). The number of hydrogen-bond acceptors (Lipinski definition) is 3. The molecule has 2 aliphatic heterocycles. The number of halogens is 2. The van der Waals surface area contributed by atoms with E-state index in [-0.39, 0.29) is 11.9 Å². The van der Waals surface area contributed by atoms with Crippen molar-refractivity contribution in [2.24, 2.45) is 4.99 Å². The lowest BCUT2D eigenvalue weighted by Crippen LogP contribution is -2.53. The molecule has 5 nitrogen and oxygen atoms in total. The highest BCUT2D eigenvalue weighted by molar-refractivity contribution is 5.80. The van der Waals surface area contributed by atoms with Crippen LogP contribution in [0.3, 0.4) is 0 Å². The highest BCUT2D eigenvalue weighted by Crippen LogP contribution is 2.22. The topological polar surface area (TPSA) is 40.1 Å². The molecule has 1 N–H and O–H groups in total. The first-order valence-corrected chi connectivity index (χ1v) is 8.44. The van der Waals surface area contributed by atoms with E-state index in [1.165, 1.54) is 12.1 Å². The van der Waals surface area contributed by atoms with Gasteiger partial charge in [-0.05, 0) is 25.0 Å². The molecule has 132 valence electrons. The summed E-state index contributed by atoms with van der Waals surface area (Å²) in [6.45, 7) is 4.26. The molecule has 2 fully saturated rings. The Morgan fingerprint density at radius 2 is 2.08 bits per heavy atom. The predicted molar refractivity (Wildman–Crippen MR) is 90.5 cm³/mol. The Kier molecular flexibility index (Phi) is 5.50. The summed E-state index contributed by atoms with van der Waals surface area (Å²) in [6, 6.07) is 3.58. The molecule has 7 heteroatoms. The number of guanidine groups is 1. The lowest BCUT2D eigenvalue weighted by Gasteiger charge is -2.38. The number of nitrogens with zero attached hydrogens (tertiary/aromatic N) is 3. The molecule has 0 aliphatic carbocycles. The molecular formula is C17H24F2N4O. The predicted octanol–water partition coefficient (Wildman–Crippen LogP) is 1.84. The second-order valence-electron chi connectivity index (χ2n) is 6.13. The minimum absolute atomic E-state index is 0.254. The Labute approximate surface area is 141 Å². The van der Waals surface area contributed by atoms with Gasteiger partial charge in [-0.1, -0.05) is 0 Å². The molecule has 1 atom stereocenters. The van der Waals surface area contributed by atoms with Gasteiger partial charge in [0, 0.05) is 52.4 Å². The molecule has 2 saturated heterocycles. The molecule has 0 bridgehead atoms. The van der Waals surface area contributed by atoms with Crippen LogP contribution in [0.25, 0.3) is 0 Å². The first kappa shape index (κ1) is 17.0. The largest absolute Gasteiger partial charge is 0.376 e. The summed E-state index contributed by atoms with van der Waals surface area (Å²) in [5, 5.41) is 3.35. The van der Waals surface area contributed by atoms with Gasteiger partial charge in [0.15, 0.2) is 5.96 Å². The van der Waals surface area contributed by atoms with Gasteiger partial charge in [-0.15, -0.1) is 0 Å². The molecule has 0 amide bonds. The normalized spacial score (nSPS) is 22.1. The van der Waals surface area contributed by atoms with Gasteiger partial charge in [0.1, 0.15) is 11.6 Å². The van der Waals surface area contributed by atoms with Gasteiger partial charge < -0.3 is 19.9 Å². The van der Waals surface area contributed by atoms with E-state index in [0.29, 0.717) is 31.9 Å². The van der Waals surface area contributed by atoms with E-state index in [9.17, 15) is 8.78 Å². The summed E-state index contributed by atoms with van der Waals surface area (Å²) in [5.74, 6) is 0.0403. The summed E-state index contributed by atoms with van der Waals surface area (Å²) in [7, 11) is 1.76. The third kappa shape index (κ3) is 3.95. The zero-order valence-corrected chi connectivity index (χ0v) is 14.0. The molecule has 0 aromatic heterocycles. The van der Waals surface area contributed by atoms with Crippen LogP contribution in [0, 0.1) is 11.6 Å². The first-order valence-electron chi connectivity index (χ1n) is 8.44. The molecule has 2 aliphatic rings. The quantitative estimate of drug-likeness (QED) is 0.674. The molecule has 1 aromatic rings. The van der Waals surface area contributed by atoms with Gasteiger partial charge >= 0.3 is 0 Å². The van der Waals surface area contributed by atoms with Crippen molar-refractivity contribution in [3.63, 3.8) is 0 Å². The van der Waals surface area contributed by atoms with Crippen molar-refractivity contribution in [2.75, 3.05) is 51.3 Å². The summed E-state index contributed by atoms with van der Waals surface area (Å²) in [4.78, 5) is 8.34. The summed E-state index contributed by atoms with van der Waals surface area (Å²) in [5.41, 5.74) is 0.331. The van der Waals surface area contributed by atoms with Crippen LogP contribution in [0.1, 0.15) is 12.8 Å². The second kappa shape index (κ2) is 7.79. The van der Waals surface area contributed by atoms with Crippen molar-refractivity contribution in [1.82, 2.24) is 10.2 Å². The van der Waals surface area contributed by atoms with Gasteiger partial charge in [-0.2, -0.15) is 0 Å². The van der Waals surface area contributed by atoms with E-state index < -0.39 is 5.82 Å². The van der Waals surface area contributed by atoms with Crippen LogP contribution in [0.5, 0.6) is 0 Å². The van der Waals surface area contributed by atoms with E-state index in [1.54, 1.807) is 7.05 Å². The Morgan fingerprint density at radius 1 is 1.29 bits per heavy atom. The smallest absolute Gasteiger partial charge is 0.193 e. The number of hydrogen-bond donors (Lipinski definition) is 1. The summed E-state index contributed by atoms with van der Waals surface area (Å²) < 4.78 is 32.9. The van der Waals surface area contributed by atoms with Gasteiger partial charge in [-0.25, -0.2) is 8.78 Å². The fourth-order valence-corrected chi connectivity index (χ4v) is 3.23. The van der Waals surface area contributed by atoms with E-state index in [4.69, 9.17) is 4.74 Å². The Balaban J connectivity index is 1.54. The number of piperazine rings is 1. The molecule has 1 aromatic carbocycles. The van der Waals surface area contributed by atoms with Gasteiger partial charge in [0.05, 0.1) is 11.8 Å². The third-order valence-electron chi connectivity index (χ3n) is 4.55. The molecule has 2 heterocycles. The van der Waals surface area contributed by atoms with Crippen LogP contribution in [0.2, 0.25) is 0 Å². The van der Waals surface area contributed by atoms with Crippen LogP contribution >= 0.6 is 0 Å². The van der Waals surface area contributed by atoms with Crippen molar-refractivity contribution >= 4 is 11.6 Å². The summed E-state index contributed by atoms with van der Waals surface area (Å²) >= 11 is 0. The second-order valence-corrected chi connectivity index (χ2v) is 6.13. The van der Waals surface area contributed by atoms with Crippen LogP contribution in [-0.4, -0.2) is 63.3 Å². The zero-order valence-electron chi connectivity index (χ0n) is 14.0. The molecule has 0 radical (unpaired) electrons. The van der Waals surface area contributed by atoms with Gasteiger partial charge in [0.2, 0.25) is 0 Å². The first-order chi connectivity index (χ1) is 11.7. The van der Waals surface area contributed by atoms with Crippen molar-refractivity contribution in [1.29, 1.82) is 0 Å². The average molecular weight is 338 g/mol. The lowest BCUT2D eigenvalue weighted by molar-refractivity contribution is 0.113. The standard InChI is InChI=1S/C17H24F2N4O/c1-20-17(21-12-14-3-2-10-24-14)23-8-6-22(7-9-23)16-11-13(18)4-5-15(16)19/h4-5,11,14H,2-3,6-10,12H2,1H3,(H,20,21). The van der Waals surface area contributed by atoms with E-state index >= 15 is 0 Å².